The summed E-state index contributed by atoms with van der Waals surface area (Å²) in [5.41, 5.74) is 5.61. The molecular weight excluding hydrogens is 238 g/mol. The Kier molecular flexibility index (Phi) is 3.26. The third-order valence-corrected chi connectivity index (χ3v) is 2.96. The molecule has 2 aromatic rings. The van der Waals surface area contributed by atoms with Crippen molar-refractivity contribution in [2.45, 2.75) is 25.3 Å². The van der Waals surface area contributed by atoms with Crippen molar-refractivity contribution >= 4 is 10.9 Å². The smallest absolute Gasteiger partial charge is 0.256 e. The Morgan fingerprint density at radius 1 is 1.39 bits per heavy atom. The summed E-state index contributed by atoms with van der Waals surface area (Å²) < 4.78 is 30.5. The number of rotatable bonds is 4. The van der Waals surface area contributed by atoms with Crippen LogP contribution in [0.5, 0.6) is 5.75 Å². The number of ether oxygens (including phenoxy) is 1. The molecule has 2 rings (SSSR count). The Bertz CT molecular complexity index is 549. The first-order valence-electron chi connectivity index (χ1n) is 5.65. The van der Waals surface area contributed by atoms with Crippen molar-refractivity contribution in [3.63, 3.8) is 0 Å². The molecule has 0 aliphatic heterocycles. The first-order chi connectivity index (χ1) is 8.42. The number of hydrogen-bond donors (Lipinski definition) is 2. The molecule has 0 bridgehead atoms. The highest BCUT2D eigenvalue weighted by Crippen LogP contribution is 2.24. The zero-order chi connectivity index (χ0) is 13.3. The molecular formula is C13H16F2N2O. The van der Waals surface area contributed by atoms with Gasteiger partial charge in [0.05, 0.1) is 12.6 Å². The molecule has 0 aliphatic carbocycles. The predicted molar refractivity (Wildman–Crippen MR) is 67.2 cm³/mol. The summed E-state index contributed by atoms with van der Waals surface area (Å²) in [5.74, 6) is 0.722. The fraction of sp³-hybridized carbons (Fsp3) is 0.385. The first-order valence-corrected chi connectivity index (χ1v) is 5.65. The second-order valence-electron chi connectivity index (χ2n) is 4.73. The number of aromatic nitrogens is 1. The maximum atomic E-state index is 12.7. The van der Waals surface area contributed by atoms with Gasteiger partial charge in [-0.15, -0.1) is 0 Å². The van der Waals surface area contributed by atoms with Crippen molar-refractivity contribution in [1.29, 1.82) is 0 Å². The molecule has 0 amide bonds. The van der Waals surface area contributed by atoms with Gasteiger partial charge in [-0.2, -0.15) is 0 Å². The van der Waals surface area contributed by atoms with Crippen LogP contribution in [0, 0.1) is 0 Å². The van der Waals surface area contributed by atoms with Crippen molar-refractivity contribution in [3.05, 3.63) is 30.0 Å². The first kappa shape index (κ1) is 12.8. The van der Waals surface area contributed by atoms with Crippen LogP contribution in [-0.2, 0) is 6.42 Å². The number of H-pyrrole nitrogens is 1. The Morgan fingerprint density at radius 2 is 2.11 bits per heavy atom. The van der Waals surface area contributed by atoms with Gasteiger partial charge in [0.2, 0.25) is 0 Å². The average molecular weight is 254 g/mol. The van der Waals surface area contributed by atoms with E-state index in [1.165, 1.54) is 6.92 Å². The minimum Gasteiger partial charge on any atom is -0.497 e. The lowest BCUT2D eigenvalue weighted by Gasteiger charge is -2.22. The fourth-order valence-corrected chi connectivity index (χ4v) is 1.88. The van der Waals surface area contributed by atoms with E-state index in [4.69, 9.17) is 10.5 Å². The van der Waals surface area contributed by atoms with E-state index in [2.05, 4.69) is 4.98 Å². The van der Waals surface area contributed by atoms with Gasteiger partial charge < -0.3 is 15.5 Å². The zero-order valence-corrected chi connectivity index (χ0v) is 10.3. The summed E-state index contributed by atoms with van der Waals surface area (Å²) in [5, 5.41) is 0.955. The standard InChI is InChI=1S/C13H16F2N2O/c1-13(16,12(14)15)7-9-5-8-3-4-10(18-2)6-11(8)17-9/h3-6,12,17H,7,16H2,1-2H3. The van der Waals surface area contributed by atoms with E-state index in [0.717, 1.165) is 16.7 Å². The summed E-state index contributed by atoms with van der Waals surface area (Å²) in [7, 11) is 1.58. The van der Waals surface area contributed by atoms with Gasteiger partial charge in [-0.3, -0.25) is 0 Å². The van der Waals surface area contributed by atoms with Gasteiger partial charge in [0.25, 0.3) is 6.43 Å². The molecule has 0 fully saturated rings. The van der Waals surface area contributed by atoms with Gasteiger partial charge in [0, 0.05) is 23.7 Å². The number of benzene rings is 1. The quantitative estimate of drug-likeness (QED) is 0.881. The second kappa shape index (κ2) is 4.57. The van der Waals surface area contributed by atoms with E-state index in [1.54, 1.807) is 7.11 Å². The van der Waals surface area contributed by atoms with Crippen molar-refractivity contribution in [3.8, 4) is 5.75 Å². The van der Waals surface area contributed by atoms with E-state index in [-0.39, 0.29) is 6.42 Å². The molecule has 1 atom stereocenters. The van der Waals surface area contributed by atoms with Gasteiger partial charge in [0.1, 0.15) is 5.75 Å². The number of methoxy groups -OCH3 is 1. The van der Waals surface area contributed by atoms with Gasteiger partial charge in [0.15, 0.2) is 0 Å². The molecule has 1 aromatic heterocycles. The average Bonchev–Trinajstić information content (AvgIpc) is 2.68. The summed E-state index contributed by atoms with van der Waals surface area (Å²) in [6.45, 7) is 1.35. The van der Waals surface area contributed by atoms with E-state index >= 15 is 0 Å². The summed E-state index contributed by atoms with van der Waals surface area (Å²) >= 11 is 0. The van der Waals surface area contributed by atoms with Crippen molar-refractivity contribution in [2.75, 3.05) is 7.11 Å². The van der Waals surface area contributed by atoms with Crippen molar-refractivity contribution in [1.82, 2.24) is 4.98 Å². The van der Waals surface area contributed by atoms with Crippen LogP contribution in [-0.4, -0.2) is 24.1 Å². The molecule has 5 heteroatoms. The number of nitrogens with two attached hydrogens (primary N) is 1. The fourth-order valence-electron chi connectivity index (χ4n) is 1.88. The molecule has 98 valence electrons. The van der Waals surface area contributed by atoms with Crippen molar-refractivity contribution in [2.24, 2.45) is 5.73 Å². The van der Waals surface area contributed by atoms with Crippen LogP contribution in [0.4, 0.5) is 8.78 Å². The second-order valence-corrected chi connectivity index (χ2v) is 4.73. The molecule has 0 radical (unpaired) electrons. The monoisotopic (exact) mass is 254 g/mol. The third-order valence-electron chi connectivity index (χ3n) is 2.96. The molecule has 0 saturated heterocycles. The number of fused-ring (bicyclic) bond motifs is 1. The predicted octanol–water partition coefficient (Wildman–Crippen LogP) is 2.70. The largest absolute Gasteiger partial charge is 0.497 e. The van der Waals surface area contributed by atoms with E-state index in [1.807, 2.05) is 24.3 Å². The molecule has 0 aliphatic rings. The summed E-state index contributed by atoms with van der Waals surface area (Å²) in [6.07, 6.45) is -2.46. The molecule has 1 unspecified atom stereocenters. The molecule has 18 heavy (non-hydrogen) atoms. The maximum Gasteiger partial charge on any atom is 0.256 e. The number of alkyl halides is 2. The molecule has 1 heterocycles. The summed E-state index contributed by atoms with van der Waals surface area (Å²) in [4.78, 5) is 3.09. The number of halogens is 2. The van der Waals surface area contributed by atoms with Crippen LogP contribution >= 0.6 is 0 Å². The molecule has 1 aromatic carbocycles. The molecule has 0 spiro atoms. The van der Waals surface area contributed by atoms with Crippen LogP contribution < -0.4 is 10.5 Å². The highest BCUT2D eigenvalue weighted by atomic mass is 19.3. The van der Waals surface area contributed by atoms with Crippen LogP contribution in [0.15, 0.2) is 24.3 Å². The minimum absolute atomic E-state index is 0.0989. The third kappa shape index (κ3) is 2.46. The van der Waals surface area contributed by atoms with Gasteiger partial charge in [-0.05, 0) is 30.5 Å². The molecule has 3 N–H and O–H groups in total. The highest BCUT2D eigenvalue weighted by molar-refractivity contribution is 5.81. The number of nitrogens with one attached hydrogen (secondary N) is 1. The van der Waals surface area contributed by atoms with Crippen LogP contribution in [0.2, 0.25) is 0 Å². The number of aromatic amines is 1. The lowest BCUT2D eigenvalue weighted by atomic mass is 9.98. The highest BCUT2D eigenvalue weighted by Gasteiger charge is 2.30. The Balaban J connectivity index is 2.30. The summed E-state index contributed by atoms with van der Waals surface area (Å²) in [6, 6.07) is 7.37. The van der Waals surface area contributed by atoms with Crippen LogP contribution in [0.25, 0.3) is 10.9 Å². The Labute approximate surface area is 104 Å². The van der Waals surface area contributed by atoms with E-state index in [0.29, 0.717) is 5.69 Å². The van der Waals surface area contributed by atoms with Crippen LogP contribution in [0.3, 0.4) is 0 Å². The van der Waals surface area contributed by atoms with Crippen LogP contribution in [0.1, 0.15) is 12.6 Å². The SMILES string of the molecule is COc1ccc2cc(CC(C)(N)C(F)F)[nH]c2c1. The maximum absolute atomic E-state index is 12.7. The molecule has 0 saturated carbocycles. The van der Waals surface area contributed by atoms with E-state index < -0.39 is 12.0 Å². The minimum atomic E-state index is -2.56. The van der Waals surface area contributed by atoms with Gasteiger partial charge in [-0.1, -0.05) is 0 Å². The number of hydrogen-bond acceptors (Lipinski definition) is 2. The lowest BCUT2D eigenvalue weighted by Crippen LogP contribution is -2.45. The normalized spacial score (nSPS) is 15.0. The topological polar surface area (TPSA) is 51.0 Å². The lowest BCUT2D eigenvalue weighted by molar-refractivity contribution is 0.0635. The van der Waals surface area contributed by atoms with Crippen molar-refractivity contribution < 1.29 is 13.5 Å². The Hall–Kier alpha value is -1.62. The van der Waals surface area contributed by atoms with Gasteiger partial charge in [-0.25, -0.2) is 8.78 Å². The van der Waals surface area contributed by atoms with Gasteiger partial charge >= 0.3 is 0 Å². The Morgan fingerprint density at radius 3 is 2.72 bits per heavy atom. The van der Waals surface area contributed by atoms with E-state index in [9.17, 15) is 8.78 Å². The zero-order valence-electron chi connectivity index (χ0n) is 10.3. The molecule has 3 nitrogen and oxygen atoms in total.